The van der Waals surface area contributed by atoms with Gasteiger partial charge in [0.15, 0.2) is 0 Å². The maximum absolute atomic E-state index is 11.9. The highest BCUT2D eigenvalue weighted by Gasteiger charge is 2.33. The highest BCUT2D eigenvalue weighted by atomic mass is 32.2. The summed E-state index contributed by atoms with van der Waals surface area (Å²) < 4.78 is 11.3. The number of rotatable bonds is 1. The molecule has 0 radical (unpaired) electrons. The molecule has 0 bridgehead atoms. The molecular formula is C9H16N2O2S. The van der Waals surface area contributed by atoms with Gasteiger partial charge in [0.1, 0.15) is 0 Å². The minimum Gasteiger partial charge on any atom is -0.338 e. The van der Waals surface area contributed by atoms with Crippen LogP contribution in [0.2, 0.25) is 0 Å². The van der Waals surface area contributed by atoms with Crippen molar-refractivity contribution in [2.24, 2.45) is 5.92 Å². The Morgan fingerprint density at radius 1 is 1.50 bits per heavy atom. The van der Waals surface area contributed by atoms with Gasteiger partial charge in [0.05, 0.1) is 5.92 Å². The standard InChI is InChI=1S/C9H16N2O2S/c1-7-6-14(13)3-2-11(7)9(12)8-4-10-5-8/h7-8,10H,2-6H2,1H3. The maximum atomic E-state index is 11.9. The molecule has 2 heterocycles. The lowest BCUT2D eigenvalue weighted by Gasteiger charge is -2.38. The number of carbonyl (C=O) groups excluding carboxylic acids is 1. The van der Waals surface area contributed by atoms with Crippen molar-refractivity contribution < 1.29 is 9.00 Å². The van der Waals surface area contributed by atoms with Crippen LogP contribution in [0.1, 0.15) is 6.92 Å². The van der Waals surface area contributed by atoms with E-state index in [1.54, 1.807) is 0 Å². The minimum atomic E-state index is -0.714. The lowest BCUT2D eigenvalue weighted by atomic mass is 10.0. The van der Waals surface area contributed by atoms with Gasteiger partial charge in [-0.2, -0.15) is 0 Å². The normalized spacial score (nSPS) is 33.9. The molecule has 4 nitrogen and oxygen atoms in total. The number of nitrogens with zero attached hydrogens (tertiary/aromatic N) is 1. The summed E-state index contributed by atoms with van der Waals surface area (Å²) in [5.41, 5.74) is 0. The SMILES string of the molecule is CC1CS(=O)CCN1C(=O)C1CNC1. The van der Waals surface area contributed by atoms with Crippen molar-refractivity contribution in [3.8, 4) is 0 Å². The van der Waals surface area contributed by atoms with E-state index in [0.717, 1.165) is 13.1 Å². The molecule has 0 aromatic heterocycles. The quantitative estimate of drug-likeness (QED) is 0.623. The summed E-state index contributed by atoms with van der Waals surface area (Å²) in [6.45, 7) is 4.28. The molecule has 1 N–H and O–H groups in total. The lowest BCUT2D eigenvalue weighted by molar-refractivity contribution is -0.138. The molecule has 1 amide bonds. The summed E-state index contributed by atoms with van der Waals surface area (Å²) in [4.78, 5) is 13.8. The van der Waals surface area contributed by atoms with Gasteiger partial charge in [0.25, 0.3) is 0 Å². The average Bonchev–Trinajstić information content (AvgIpc) is 2.00. The van der Waals surface area contributed by atoms with Gasteiger partial charge in [-0.05, 0) is 6.92 Å². The molecule has 2 atom stereocenters. The van der Waals surface area contributed by atoms with E-state index in [1.165, 1.54) is 0 Å². The van der Waals surface area contributed by atoms with Crippen LogP contribution in [0.25, 0.3) is 0 Å². The van der Waals surface area contributed by atoms with Crippen molar-refractivity contribution in [3.05, 3.63) is 0 Å². The number of nitrogens with one attached hydrogen (secondary N) is 1. The second-order valence-electron chi connectivity index (χ2n) is 4.05. The fourth-order valence-corrected chi connectivity index (χ4v) is 3.17. The molecule has 0 aliphatic carbocycles. The van der Waals surface area contributed by atoms with Gasteiger partial charge in [-0.1, -0.05) is 0 Å². The van der Waals surface area contributed by atoms with E-state index in [9.17, 15) is 9.00 Å². The third-order valence-electron chi connectivity index (χ3n) is 2.93. The van der Waals surface area contributed by atoms with Gasteiger partial charge < -0.3 is 10.2 Å². The number of carbonyl (C=O) groups is 1. The Kier molecular flexibility index (Phi) is 2.88. The Labute approximate surface area is 86.5 Å². The molecule has 0 spiro atoms. The van der Waals surface area contributed by atoms with E-state index >= 15 is 0 Å². The summed E-state index contributed by atoms with van der Waals surface area (Å²) >= 11 is 0. The smallest absolute Gasteiger partial charge is 0.228 e. The van der Waals surface area contributed by atoms with Crippen molar-refractivity contribution in [3.63, 3.8) is 0 Å². The molecule has 14 heavy (non-hydrogen) atoms. The van der Waals surface area contributed by atoms with Crippen molar-refractivity contribution >= 4 is 16.7 Å². The van der Waals surface area contributed by atoms with Crippen LogP contribution in [0, 0.1) is 5.92 Å². The summed E-state index contributed by atoms with van der Waals surface area (Å²) in [6.07, 6.45) is 0. The Balaban J connectivity index is 1.95. The zero-order valence-corrected chi connectivity index (χ0v) is 9.18. The van der Waals surface area contributed by atoms with Crippen LogP contribution in [0.15, 0.2) is 0 Å². The summed E-state index contributed by atoms with van der Waals surface area (Å²) in [7, 11) is -0.714. The van der Waals surface area contributed by atoms with Crippen LogP contribution >= 0.6 is 0 Å². The first-order chi connectivity index (χ1) is 6.68. The number of hydrogen-bond donors (Lipinski definition) is 1. The van der Waals surface area contributed by atoms with Crippen LogP contribution < -0.4 is 5.32 Å². The van der Waals surface area contributed by atoms with Gasteiger partial charge in [0.2, 0.25) is 5.91 Å². The molecule has 2 aliphatic heterocycles. The van der Waals surface area contributed by atoms with E-state index in [2.05, 4.69) is 5.32 Å². The zero-order chi connectivity index (χ0) is 10.1. The van der Waals surface area contributed by atoms with Crippen LogP contribution in [0.4, 0.5) is 0 Å². The van der Waals surface area contributed by atoms with E-state index in [-0.39, 0.29) is 17.9 Å². The van der Waals surface area contributed by atoms with Gasteiger partial charge in [0, 0.05) is 48.0 Å². The lowest BCUT2D eigenvalue weighted by Crippen LogP contribution is -2.57. The summed E-state index contributed by atoms with van der Waals surface area (Å²) in [5.74, 6) is 1.71. The van der Waals surface area contributed by atoms with Crippen molar-refractivity contribution in [2.45, 2.75) is 13.0 Å². The predicted molar refractivity (Wildman–Crippen MR) is 55.4 cm³/mol. The second-order valence-corrected chi connectivity index (χ2v) is 5.67. The van der Waals surface area contributed by atoms with Gasteiger partial charge in [-0.25, -0.2) is 0 Å². The number of amides is 1. The minimum absolute atomic E-state index is 0.151. The summed E-state index contributed by atoms with van der Waals surface area (Å²) in [5, 5.41) is 3.10. The topological polar surface area (TPSA) is 49.4 Å². The van der Waals surface area contributed by atoms with E-state index < -0.39 is 10.8 Å². The molecule has 0 saturated carbocycles. The van der Waals surface area contributed by atoms with Gasteiger partial charge >= 0.3 is 0 Å². The average molecular weight is 216 g/mol. The first kappa shape index (κ1) is 10.1. The van der Waals surface area contributed by atoms with Crippen molar-refractivity contribution in [1.82, 2.24) is 10.2 Å². The van der Waals surface area contributed by atoms with E-state index in [4.69, 9.17) is 0 Å². The van der Waals surface area contributed by atoms with Crippen LogP contribution in [0.3, 0.4) is 0 Å². The fraction of sp³-hybridized carbons (Fsp3) is 0.889. The third-order valence-corrected chi connectivity index (χ3v) is 4.42. The second kappa shape index (κ2) is 3.98. The van der Waals surface area contributed by atoms with Crippen LogP contribution in [0.5, 0.6) is 0 Å². The Morgan fingerprint density at radius 3 is 2.71 bits per heavy atom. The summed E-state index contributed by atoms with van der Waals surface area (Å²) in [6, 6.07) is 0.151. The van der Waals surface area contributed by atoms with Gasteiger partial charge in [-0.15, -0.1) is 0 Å². The predicted octanol–water partition coefficient (Wildman–Crippen LogP) is -0.815. The molecule has 2 fully saturated rings. The van der Waals surface area contributed by atoms with Crippen molar-refractivity contribution in [2.75, 3.05) is 31.1 Å². The highest BCUT2D eigenvalue weighted by molar-refractivity contribution is 7.85. The largest absolute Gasteiger partial charge is 0.338 e. The fourth-order valence-electron chi connectivity index (χ4n) is 1.89. The monoisotopic (exact) mass is 216 g/mol. The zero-order valence-electron chi connectivity index (χ0n) is 8.36. The first-order valence-corrected chi connectivity index (χ1v) is 6.53. The van der Waals surface area contributed by atoms with Gasteiger partial charge in [-0.3, -0.25) is 9.00 Å². The molecule has 2 unspecified atom stereocenters. The van der Waals surface area contributed by atoms with E-state index in [1.807, 2.05) is 11.8 Å². The highest BCUT2D eigenvalue weighted by Crippen LogP contribution is 2.15. The Morgan fingerprint density at radius 2 is 2.21 bits per heavy atom. The van der Waals surface area contributed by atoms with Crippen LogP contribution in [-0.2, 0) is 15.6 Å². The van der Waals surface area contributed by atoms with Crippen molar-refractivity contribution in [1.29, 1.82) is 0 Å². The molecule has 80 valence electrons. The Bertz CT molecular complexity index is 266. The molecule has 0 aromatic carbocycles. The maximum Gasteiger partial charge on any atom is 0.228 e. The van der Waals surface area contributed by atoms with E-state index in [0.29, 0.717) is 18.1 Å². The molecular weight excluding hydrogens is 200 g/mol. The van der Waals surface area contributed by atoms with Crippen LogP contribution in [-0.4, -0.2) is 52.2 Å². The molecule has 2 saturated heterocycles. The molecule has 2 rings (SSSR count). The molecule has 0 aromatic rings. The number of hydrogen-bond acceptors (Lipinski definition) is 3. The molecule has 5 heteroatoms. The first-order valence-electron chi connectivity index (χ1n) is 5.04. The Hall–Kier alpha value is -0.420. The molecule has 2 aliphatic rings. The third kappa shape index (κ3) is 1.83.